The van der Waals surface area contributed by atoms with Crippen LogP contribution in [0.4, 0.5) is 0 Å². The Morgan fingerprint density at radius 1 is 1.40 bits per heavy atom. The Morgan fingerprint density at radius 3 is 2.60 bits per heavy atom. The first-order valence-corrected chi connectivity index (χ1v) is 5.05. The molecule has 2 atom stereocenters. The zero-order chi connectivity index (χ0) is 11.4. The molecule has 0 aromatic rings. The number of carbonyl (C=O) groups excluding carboxylic acids is 2. The van der Waals surface area contributed by atoms with Crippen LogP contribution in [0.2, 0.25) is 0 Å². The van der Waals surface area contributed by atoms with E-state index in [1.54, 1.807) is 13.8 Å². The maximum Gasteiger partial charge on any atom is 0.333 e. The van der Waals surface area contributed by atoms with Crippen LogP contribution in [-0.4, -0.2) is 25.2 Å². The molecule has 0 aromatic carbocycles. The van der Waals surface area contributed by atoms with Gasteiger partial charge in [-0.25, -0.2) is 4.79 Å². The third-order valence-electron chi connectivity index (χ3n) is 2.29. The first-order chi connectivity index (χ1) is 7.06. The van der Waals surface area contributed by atoms with Crippen molar-refractivity contribution in [2.24, 2.45) is 11.8 Å². The number of carbonyl (C=O) groups is 2. The largest absolute Gasteiger partial charge is 0.466 e. The molecular formula is C11H16O4. The molecule has 0 N–H and O–H groups in total. The summed E-state index contributed by atoms with van der Waals surface area (Å²) in [7, 11) is 0. The van der Waals surface area contributed by atoms with E-state index in [9.17, 15) is 9.59 Å². The van der Waals surface area contributed by atoms with E-state index < -0.39 is 5.97 Å². The zero-order valence-electron chi connectivity index (χ0n) is 9.12. The van der Waals surface area contributed by atoms with E-state index in [1.807, 2.05) is 0 Å². The second-order valence-corrected chi connectivity index (χ2v) is 3.73. The van der Waals surface area contributed by atoms with Crippen molar-refractivity contribution >= 4 is 11.9 Å². The van der Waals surface area contributed by atoms with Gasteiger partial charge in [0.1, 0.15) is 0 Å². The van der Waals surface area contributed by atoms with Gasteiger partial charge in [0.25, 0.3) is 0 Å². The van der Waals surface area contributed by atoms with Gasteiger partial charge in [-0.05, 0) is 20.3 Å². The van der Waals surface area contributed by atoms with E-state index >= 15 is 0 Å². The molecule has 0 unspecified atom stereocenters. The fraction of sp³-hybridized carbons (Fsp3) is 0.636. The summed E-state index contributed by atoms with van der Waals surface area (Å²) in [5, 5.41) is 0. The lowest BCUT2D eigenvalue weighted by Gasteiger charge is -2.03. The van der Waals surface area contributed by atoms with E-state index in [1.165, 1.54) is 0 Å². The third-order valence-corrected chi connectivity index (χ3v) is 2.29. The standard InChI is InChI=1S/C11H16O4/c1-4-14-11(13)9-5-8(9)6-15-10(12)7(2)3/h8-9H,2,4-6H2,1,3H3/t8-,9+/m1/s1. The number of esters is 2. The Balaban J connectivity index is 2.19. The van der Waals surface area contributed by atoms with Crippen LogP contribution in [0.1, 0.15) is 20.3 Å². The van der Waals surface area contributed by atoms with Gasteiger partial charge < -0.3 is 9.47 Å². The van der Waals surface area contributed by atoms with Crippen molar-refractivity contribution in [2.45, 2.75) is 20.3 Å². The van der Waals surface area contributed by atoms with Crippen LogP contribution in [-0.2, 0) is 19.1 Å². The molecule has 1 aliphatic rings. The van der Waals surface area contributed by atoms with E-state index in [0.717, 1.165) is 6.42 Å². The molecular weight excluding hydrogens is 196 g/mol. The van der Waals surface area contributed by atoms with Crippen molar-refractivity contribution in [2.75, 3.05) is 13.2 Å². The highest BCUT2D eigenvalue weighted by Gasteiger charge is 2.44. The molecule has 4 nitrogen and oxygen atoms in total. The van der Waals surface area contributed by atoms with Gasteiger partial charge in [-0.3, -0.25) is 4.79 Å². The van der Waals surface area contributed by atoms with Gasteiger partial charge in [-0.2, -0.15) is 0 Å². The number of ether oxygens (including phenoxy) is 2. The van der Waals surface area contributed by atoms with Crippen molar-refractivity contribution in [3.63, 3.8) is 0 Å². The lowest BCUT2D eigenvalue weighted by molar-refractivity contribution is -0.146. The van der Waals surface area contributed by atoms with E-state index in [-0.39, 0.29) is 24.4 Å². The quantitative estimate of drug-likeness (QED) is 0.509. The molecule has 1 saturated carbocycles. The molecule has 15 heavy (non-hydrogen) atoms. The van der Waals surface area contributed by atoms with Gasteiger partial charge in [-0.1, -0.05) is 6.58 Å². The minimum absolute atomic E-state index is 0.0807. The van der Waals surface area contributed by atoms with Gasteiger partial charge in [-0.15, -0.1) is 0 Å². The Kier molecular flexibility index (Phi) is 3.88. The topological polar surface area (TPSA) is 52.6 Å². The monoisotopic (exact) mass is 212 g/mol. The lowest BCUT2D eigenvalue weighted by atomic mass is 10.3. The normalized spacial score (nSPS) is 23.1. The summed E-state index contributed by atoms with van der Waals surface area (Å²) in [6.07, 6.45) is 0.752. The van der Waals surface area contributed by atoms with Crippen LogP contribution < -0.4 is 0 Å². The van der Waals surface area contributed by atoms with Crippen LogP contribution in [0, 0.1) is 11.8 Å². The summed E-state index contributed by atoms with van der Waals surface area (Å²) in [6.45, 7) is 7.52. The molecule has 0 aromatic heterocycles. The van der Waals surface area contributed by atoms with Crippen LogP contribution in [0.3, 0.4) is 0 Å². The molecule has 1 rings (SSSR count). The first kappa shape index (κ1) is 11.8. The lowest BCUT2D eigenvalue weighted by Crippen LogP contribution is -2.12. The Morgan fingerprint density at radius 2 is 2.07 bits per heavy atom. The van der Waals surface area contributed by atoms with Crippen molar-refractivity contribution in [3.05, 3.63) is 12.2 Å². The van der Waals surface area contributed by atoms with Gasteiger partial charge in [0.05, 0.1) is 19.1 Å². The summed E-state index contributed by atoms with van der Waals surface area (Å²) >= 11 is 0. The maximum atomic E-state index is 11.2. The summed E-state index contributed by atoms with van der Waals surface area (Å²) in [4.78, 5) is 22.3. The molecule has 0 aliphatic heterocycles. The third kappa shape index (κ3) is 3.38. The van der Waals surface area contributed by atoms with Crippen molar-refractivity contribution in [3.8, 4) is 0 Å². The van der Waals surface area contributed by atoms with Gasteiger partial charge >= 0.3 is 11.9 Å². The number of rotatable bonds is 5. The van der Waals surface area contributed by atoms with Gasteiger partial charge in [0.2, 0.25) is 0 Å². The summed E-state index contributed by atoms with van der Waals surface area (Å²) in [5.41, 5.74) is 0.378. The minimum atomic E-state index is -0.399. The number of hydrogen-bond donors (Lipinski definition) is 0. The average Bonchev–Trinajstić information content (AvgIpc) is 2.93. The molecule has 0 spiro atoms. The van der Waals surface area contributed by atoms with Crippen molar-refractivity contribution in [1.82, 2.24) is 0 Å². The maximum absolute atomic E-state index is 11.2. The highest BCUT2D eigenvalue weighted by Crippen LogP contribution is 2.39. The highest BCUT2D eigenvalue weighted by molar-refractivity contribution is 5.87. The number of hydrogen-bond acceptors (Lipinski definition) is 4. The van der Waals surface area contributed by atoms with Crippen LogP contribution >= 0.6 is 0 Å². The molecule has 0 saturated heterocycles. The van der Waals surface area contributed by atoms with Crippen LogP contribution in [0.5, 0.6) is 0 Å². The molecule has 0 heterocycles. The summed E-state index contributed by atoms with van der Waals surface area (Å²) in [6, 6.07) is 0. The molecule has 1 aliphatic carbocycles. The predicted octanol–water partition coefficient (Wildman–Crippen LogP) is 1.30. The van der Waals surface area contributed by atoms with Crippen molar-refractivity contribution < 1.29 is 19.1 Å². The molecule has 4 heteroatoms. The van der Waals surface area contributed by atoms with E-state index in [4.69, 9.17) is 9.47 Å². The molecule has 84 valence electrons. The molecule has 1 fully saturated rings. The summed E-state index contributed by atoms with van der Waals surface area (Å²) in [5.74, 6) is -0.534. The van der Waals surface area contributed by atoms with Crippen LogP contribution in [0.15, 0.2) is 12.2 Å². The molecule has 0 amide bonds. The van der Waals surface area contributed by atoms with Gasteiger partial charge in [0, 0.05) is 11.5 Å². The highest BCUT2D eigenvalue weighted by atomic mass is 16.5. The fourth-order valence-electron chi connectivity index (χ4n) is 1.28. The fourth-order valence-corrected chi connectivity index (χ4v) is 1.28. The smallest absolute Gasteiger partial charge is 0.333 e. The SMILES string of the molecule is C=C(C)C(=O)OC[C@H]1C[C@@H]1C(=O)OCC. The van der Waals surface area contributed by atoms with E-state index in [0.29, 0.717) is 12.2 Å². The minimum Gasteiger partial charge on any atom is -0.466 e. The van der Waals surface area contributed by atoms with E-state index in [2.05, 4.69) is 6.58 Å². The summed E-state index contributed by atoms with van der Waals surface area (Å²) < 4.78 is 9.79. The van der Waals surface area contributed by atoms with Crippen LogP contribution in [0.25, 0.3) is 0 Å². The Hall–Kier alpha value is -1.32. The Bertz CT molecular complexity index is 282. The second-order valence-electron chi connectivity index (χ2n) is 3.73. The Labute approximate surface area is 89.2 Å². The average molecular weight is 212 g/mol. The molecule has 0 radical (unpaired) electrons. The predicted molar refractivity (Wildman–Crippen MR) is 54.0 cm³/mol. The zero-order valence-corrected chi connectivity index (χ0v) is 9.12. The molecule has 0 bridgehead atoms. The van der Waals surface area contributed by atoms with Gasteiger partial charge in [0.15, 0.2) is 0 Å². The first-order valence-electron chi connectivity index (χ1n) is 5.05. The van der Waals surface area contributed by atoms with Crippen molar-refractivity contribution in [1.29, 1.82) is 0 Å². The second kappa shape index (κ2) is 4.96.